The lowest BCUT2D eigenvalue weighted by molar-refractivity contribution is -0.0860. The molecule has 0 bridgehead atoms. The van der Waals surface area contributed by atoms with Crippen molar-refractivity contribution in [2.75, 3.05) is 7.11 Å². The highest BCUT2D eigenvalue weighted by atomic mass is 16.5. The van der Waals surface area contributed by atoms with Crippen LogP contribution < -0.4 is 4.74 Å². The molecule has 94 valence electrons. The van der Waals surface area contributed by atoms with E-state index in [9.17, 15) is 5.11 Å². The third kappa shape index (κ3) is 2.81. The smallest absolute Gasteiger partial charge is 0.119 e. The maximum Gasteiger partial charge on any atom is 0.119 e. The summed E-state index contributed by atoms with van der Waals surface area (Å²) in [5, 5.41) is 10.4. The molecule has 1 N–H and O–H groups in total. The summed E-state index contributed by atoms with van der Waals surface area (Å²) in [6, 6.07) is 7.99. The SMILES string of the molecule is COc1cccc(CC2(O)CC(C(C)C)C2)c1. The average molecular weight is 234 g/mol. The molecule has 1 saturated carbocycles. The molecule has 2 rings (SSSR count). The molecule has 1 aliphatic carbocycles. The Bertz CT molecular complexity index is 378. The number of hydrogen-bond donors (Lipinski definition) is 1. The fourth-order valence-corrected chi connectivity index (χ4v) is 2.69. The molecule has 1 fully saturated rings. The van der Waals surface area contributed by atoms with Crippen LogP contribution in [0, 0.1) is 11.8 Å². The molecule has 1 aromatic carbocycles. The molecule has 0 aromatic heterocycles. The lowest BCUT2D eigenvalue weighted by Crippen LogP contribution is -2.47. The van der Waals surface area contributed by atoms with Crippen molar-refractivity contribution in [3.05, 3.63) is 29.8 Å². The van der Waals surface area contributed by atoms with Crippen molar-refractivity contribution in [3.63, 3.8) is 0 Å². The third-order valence-corrected chi connectivity index (χ3v) is 3.89. The number of hydrogen-bond acceptors (Lipinski definition) is 2. The monoisotopic (exact) mass is 234 g/mol. The van der Waals surface area contributed by atoms with Gasteiger partial charge in [0.15, 0.2) is 0 Å². The predicted octanol–water partition coefficient (Wildman–Crippen LogP) is 3.03. The molecule has 0 atom stereocenters. The zero-order chi connectivity index (χ0) is 12.5. The summed E-state index contributed by atoms with van der Waals surface area (Å²) in [7, 11) is 1.67. The van der Waals surface area contributed by atoms with E-state index in [4.69, 9.17) is 4.74 Å². The first-order chi connectivity index (χ1) is 8.02. The molecule has 1 aromatic rings. The molecule has 1 aliphatic rings. The Hall–Kier alpha value is -1.02. The Labute approximate surface area is 104 Å². The Morgan fingerprint density at radius 1 is 1.41 bits per heavy atom. The van der Waals surface area contributed by atoms with E-state index in [1.165, 1.54) is 0 Å². The predicted molar refractivity (Wildman–Crippen MR) is 69.2 cm³/mol. The zero-order valence-corrected chi connectivity index (χ0v) is 10.9. The largest absolute Gasteiger partial charge is 0.497 e. The van der Waals surface area contributed by atoms with Gasteiger partial charge in [0, 0.05) is 6.42 Å². The van der Waals surface area contributed by atoms with E-state index in [1.54, 1.807) is 7.11 Å². The van der Waals surface area contributed by atoms with Crippen molar-refractivity contribution in [2.24, 2.45) is 11.8 Å². The number of benzene rings is 1. The highest BCUT2D eigenvalue weighted by molar-refractivity contribution is 5.29. The number of rotatable bonds is 4. The summed E-state index contributed by atoms with van der Waals surface area (Å²) in [4.78, 5) is 0. The molecule has 0 unspecified atom stereocenters. The van der Waals surface area contributed by atoms with E-state index in [0.29, 0.717) is 11.8 Å². The van der Waals surface area contributed by atoms with Crippen LogP contribution in [0.4, 0.5) is 0 Å². The van der Waals surface area contributed by atoms with Gasteiger partial charge in [0.05, 0.1) is 12.7 Å². The first kappa shape index (κ1) is 12.4. The fraction of sp³-hybridized carbons (Fsp3) is 0.600. The van der Waals surface area contributed by atoms with Crippen LogP contribution in [-0.4, -0.2) is 17.8 Å². The highest BCUT2D eigenvalue weighted by Gasteiger charge is 2.43. The minimum absolute atomic E-state index is 0.485. The summed E-state index contributed by atoms with van der Waals surface area (Å²) in [6.07, 6.45) is 2.61. The summed E-state index contributed by atoms with van der Waals surface area (Å²) < 4.78 is 5.20. The minimum atomic E-state index is -0.485. The Balaban J connectivity index is 1.97. The standard InChI is InChI=1S/C15H22O2/c1-11(2)13-9-15(16,10-13)8-12-5-4-6-14(7-12)17-3/h4-7,11,13,16H,8-10H2,1-3H3. The van der Waals surface area contributed by atoms with E-state index < -0.39 is 5.60 Å². The molecule has 0 heterocycles. The van der Waals surface area contributed by atoms with Crippen molar-refractivity contribution in [3.8, 4) is 5.75 Å². The second kappa shape index (κ2) is 4.69. The second-order valence-corrected chi connectivity index (χ2v) is 5.66. The first-order valence-electron chi connectivity index (χ1n) is 6.38. The van der Waals surface area contributed by atoms with E-state index in [0.717, 1.165) is 30.6 Å². The highest BCUT2D eigenvalue weighted by Crippen LogP contribution is 2.44. The van der Waals surface area contributed by atoms with Gasteiger partial charge in [-0.25, -0.2) is 0 Å². The van der Waals surface area contributed by atoms with Gasteiger partial charge in [-0.3, -0.25) is 0 Å². The summed E-state index contributed by atoms with van der Waals surface area (Å²) in [6.45, 7) is 4.46. The van der Waals surface area contributed by atoms with Gasteiger partial charge in [-0.05, 0) is 42.4 Å². The quantitative estimate of drug-likeness (QED) is 0.867. The van der Waals surface area contributed by atoms with Gasteiger partial charge in [0.25, 0.3) is 0 Å². The van der Waals surface area contributed by atoms with Crippen LogP contribution >= 0.6 is 0 Å². The van der Waals surface area contributed by atoms with Crippen LogP contribution in [0.1, 0.15) is 32.3 Å². The Morgan fingerprint density at radius 3 is 2.71 bits per heavy atom. The maximum atomic E-state index is 10.4. The first-order valence-corrected chi connectivity index (χ1v) is 6.38. The van der Waals surface area contributed by atoms with Crippen molar-refractivity contribution < 1.29 is 9.84 Å². The van der Waals surface area contributed by atoms with Crippen LogP contribution in [-0.2, 0) is 6.42 Å². The van der Waals surface area contributed by atoms with Crippen molar-refractivity contribution in [2.45, 2.75) is 38.7 Å². The van der Waals surface area contributed by atoms with E-state index in [-0.39, 0.29) is 0 Å². The van der Waals surface area contributed by atoms with Gasteiger partial charge in [-0.15, -0.1) is 0 Å². The molecular formula is C15H22O2. The van der Waals surface area contributed by atoms with Crippen LogP contribution in [0.3, 0.4) is 0 Å². The molecule has 17 heavy (non-hydrogen) atoms. The van der Waals surface area contributed by atoms with Gasteiger partial charge < -0.3 is 9.84 Å². The maximum absolute atomic E-state index is 10.4. The topological polar surface area (TPSA) is 29.5 Å². The normalized spacial score (nSPS) is 27.9. The van der Waals surface area contributed by atoms with Crippen LogP contribution in [0.2, 0.25) is 0 Å². The zero-order valence-electron chi connectivity index (χ0n) is 10.9. The van der Waals surface area contributed by atoms with E-state index >= 15 is 0 Å². The molecular weight excluding hydrogens is 212 g/mol. The number of aliphatic hydroxyl groups is 1. The molecule has 0 saturated heterocycles. The van der Waals surface area contributed by atoms with Crippen molar-refractivity contribution >= 4 is 0 Å². The third-order valence-electron chi connectivity index (χ3n) is 3.89. The number of methoxy groups -OCH3 is 1. The lowest BCUT2D eigenvalue weighted by Gasteiger charge is -2.46. The van der Waals surface area contributed by atoms with Crippen molar-refractivity contribution in [1.29, 1.82) is 0 Å². The van der Waals surface area contributed by atoms with Gasteiger partial charge in [-0.2, -0.15) is 0 Å². The van der Waals surface area contributed by atoms with Gasteiger partial charge in [-0.1, -0.05) is 26.0 Å². The molecule has 0 radical (unpaired) electrons. The van der Waals surface area contributed by atoms with Gasteiger partial charge in [0.1, 0.15) is 5.75 Å². The van der Waals surface area contributed by atoms with E-state index in [1.807, 2.05) is 18.2 Å². The van der Waals surface area contributed by atoms with Crippen LogP contribution in [0.25, 0.3) is 0 Å². The lowest BCUT2D eigenvalue weighted by atomic mass is 9.64. The van der Waals surface area contributed by atoms with Gasteiger partial charge >= 0.3 is 0 Å². The summed E-state index contributed by atoms with van der Waals surface area (Å²) >= 11 is 0. The summed E-state index contributed by atoms with van der Waals surface area (Å²) in [5.74, 6) is 2.23. The summed E-state index contributed by atoms with van der Waals surface area (Å²) in [5.41, 5.74) is 0.676. The second-order valence-electron chi connectivity index (χ2n) is 5.66. The molecule has 2 heteroatoms. The van der Waals surface area contributed by atoms with E-state index in [2.05, 4.69) is 19.9 Å². The Kier molecular flexibility index (Phi) is 3.43. The molecule has 2 nitrogen and oxygen atoms in total. The van der Waals surface area contributed by atoms with Crippen molar-refractivity contribution in [1.82, 2.24) is 0 Å². The number of ether oxygens (including phenoxy) is 1. The minimum Gasteiger partial charge on any atom is -0.497 e. The van der Waals surface area contributed by atoms with Gasteiger partial charge in [0.2, 0.25) is 0 Å². The molecule has 0 spiro atoms. The molecule has 0 amide bonds. The Morgan fingerprint density at radius 2 is 2.12 bits per heavy atom. The van der Waals surface area contributed by atoms with Crippen LogP contribution in [0.15, 0.2) is 24.3 Å². The van der Waals surface area contributed by atoms with Crippen LogP contribution in [0.5, 0.6) is 5.75 Å². The fourth-order valence-electron chi connectivity index (χ4n) is 2.69. The average Bonchev–Trinajstić information content (AvgIpc) is 2.25. The molecule has 0 aliphatic heterocycles.